The molecule has 5 heteroatoms. The number of Topliss-reactive ketones (excluding diaryl/α,β-unsaturated/α-hetero) is 1. The van der Waals surface area contributed by atoms with Crippen LogP contribution in [0.15, 0.2) is 22.6 Å². The van der Waals surface area contributed by atoms with Gasteiger partial charge < -0.3 is 9.15 Å². The van der Waals surface area contributed by atoms with Crippen molar-refractivity contribution < 1.29 is 13.9 Å². The normalized spacial score (nSPS) is 10.4. The van der Waals surface area contributed by atoms with E-state index in [1.54, 1.807) is 13.0 Å². The summed E-state index contributed by atoms with van der Waals surface area (Å²) < 4.78 is 10.8. The maximum absolute atomic E-state index is 11.5. The number of ether oxygens (including phenoxy) is 1. The van der Waals surface area contributed by atoms with E-state index < -0.39 is 0 Å². The summed E-state index contributed by atoms with van der Waals surface area (Å²) in [6.45, 7) is 5.32. The van der Waals surface area contributed by atoms with Crippen LogP contribution < -0.4 is 4.74 Å². The van der Waals surface area contributed by atoms with Crippen molar-refractivity contribution in [3.05, 3.63) is 41.1 Å². The SMILES string of the molecule is CC(=O)c1ccc(C)cc1OCc1nnc(C)o1. The lowest BCUT2D eigenvalue weighted by Crippen LogP contribution is -2.02. The lowest BCUT2D eigenvalue weighted by molar-refractivity contribution is 0.101. The molecule has 0 saturated heterocycles. The third kappa shape index (κ3) is 2.74. The van der Waals surface area contributed by atoms with Crippen LogP contribution in [0.5, 0.6) is 5.75 Å². The first-order valence-electron chi connectivity index (χ1n) is 5.59. The second-order valence-electron chi connectivity index (χ2n) is 4.06. The number of carbonyl (C=O) groups excluding carboxylic acids is 1. The second kappa shape index (κ2) is 5.00. The third-order valence-corrected chi connectivity index (χ3v) is 2.44. The third-order valence-electron chi connectivity index (χ3n) is 2.44. The maximum Gasteiger partial charge on any atom is 0.253 e. The summed E-state index contributed by atoms with van der Waals surface area (Å²) >= 11 is 0. The minimum atomic E-state index is -0.0355. The Morgan fingerprint density at radius 1 is 1.33 bits per heavy atom. The first-order chi connectivity index (χ1) is 8.56. The Morgan fingerprint density at radius 2 is 2.11 bits per heavy atom. The minimum Gasteiger partial charge on any atom is -0.483 e. The van der Waals surface area contributed by atoms with Crippen LogP contribution in [0.4, 0.5) is 0 Å². The molecule has 0 atom stereocenters. The highest BCUT2D eigenvalue weighted by Gasteiger charge is 2.10. The Bertz CT molecular complexity index is 575. The van der Waals surface area contributed by atoms with Gasteiger partial charge >= 0.3 is 0 Å². The Hall–Kier alpha value is -2.17. The maximum atomic E-state index is 11.5. The van der Waals surface area contributed by atoms with Gasteiger partial charge in [0.1, 0.15) is 5.75 Å². The average molecular weight is 246 g/mol. The number of aryl methyl sites for hydroxylation is 2. The van der Waals surface area contributed by atoms with Crippen LogP contribution >= 0.6 is 0 Å². The van der Waals surface area contributed by atoms with E-state index in [0.29, 0.717) is 23.1 Å². The van der Waals surface area contributed by atoms with E-state index in [-0.39, 0.29) is 12.4 Å². The van der Waals surface area contributed by atoms with Crippen LogP contribution in [-0.2, 0) is 6.61 Å². The van der Waals surface area contributed by atoms with Crippen molar-refractivity contribution in [1.82, 2.24) is 10.2 Å². The number of ketones is 1. The Labute approximate surface area is 105 Å². The van der Waals surface area contributed by atoms with Crippen LogP contribution in [0, 0.1) is 13.8 Å². The predicted octanol–water partition coefficient (Wildman–Crippen LogP) is 2.47. The van der Waals surface area contributed by atoms with Gasteiger partial charge in [-0.25, -0.2) is 0 Å². The van der Waals surface area contributed by atoms with Gasteiger partial charge in [-0.05, 0) is 31.5 Å². The molecular weight excluding hydrogens is 232 g/mol. The van der Waals surface area contributed by atoms with Crippen molar-refractivity contribution in [1.29, 1.82) is 0 Å². The second-order valence-corrected chi connectivity index (χ2v) is 4.06. The van der Waals surface area contributed by atoms with E-state index in [4.69, 9.17) is 9.15 Å². The summed E-state index contributed by atoms with van der Waals surface area (Å²) in [5, 5.41) is 7.54. The van der Waals surface area contributed by atoms with Gasteiger partial charge in [-0.15, -0.1) is 10.2 Å². The van der Waals surface area contributed by atoms with E-state index >= 15 is 0 Å². The molecular formula is C13H14N2O3. The zero-order valence-electron chi connectivity index (χ0n) is 10.6. The number of hydrogen-bond acceptors (Lipinski definition) is 5. The van der Waals surface area contributed by atoms with E-state index in [9.17, 15) is 4.79 Å². The molecule has 18 heavy (non-hydrogen) atoms. The molecule has 0 amide bonds. The number of aromatic nitrogens is 2. The monoisotopic (exact) mass is 246 g/mol. The Kier molecular flexibility index (Phi) is 3.41. The number of benzene rings is 1. The Balaban J connectivity index is 2.17. The van der Waals surface area contributed by atoms with Crippen LogP contribution in [0.2, 0.25) is 0 Å². The van der Waals surface area contributed by atoms with Gasteiger partial charge in [-0.2, -0.15) is 0 Å². The van der Waals surface area contributed by atoms with Gasteiger partial charge in [0.15, 0.2) is 12.4 Å². The molecule has 0 N–H and O–H groups in total. The molecule has 2 rings (SSSR count). The minimum absolute atomic E-state index is 0.0355. The van der Waals surface area contributed by atoms with Crippen molar-refractivity contribution in [2.75, 3.05) is 0 Å². The standard InChI is InChI=1S/C13H14N2O3/c1-8-4-5-11(9(2)16)12(6-8)17-7-13-15-14-10(3)18-13/h4-6H,7H2,1-3H3. The summed E-state index contributed by atoms with van der Waals surface area (Å²) in [5.41, 5.74) is 1.58. The summed E-state index contributed by atoms with van der Waals surface area (Å²) in [6.07, 6.45) is 0. The zero-order valence-corrected chi connectivity index (χ0v) is 10.6. The van der Waals surface area contributed by atoms with Crippen molar-refractivity contribution in [2.24, 2.45) is 0 Å². The quantitative estimate of drug-likeness (QED) is 0.775. The molecule has 0 aliphatic heterocycles. The predicted molar refractivity (Wildman–Crippen MR) is 64.6 cm³/mol. The van der Waals surface area contributed by atoms with Crippen molar-refractivity contribution in [2.45, 2.75) is 27.4 Å². The molecule has 0 unspecified atom stereocenters. The lowest BCUT2D eigenvalue weighted by Gasteiger charge is -2.08. The number of nitrogens with zero attached hydrogens (tertiary/aromatic N) is 2. The van der Waals surface area contributed by atoms with Gasteiger partial charge in [0, 0.05) is 6.92 Å². The van der Waals surface area contributed by atoms with Gasteiger partial charge in [0.2, 0.25) is 5.89 Å². The van der Waals surface area contributed by atoms with Gasteiger partial charge in [-0.1, -0.05) is 6.07 Å². The number of hydrogen-bond donors (Lipinski definition) is 0. The molecule has 0 fully saturated rings. The van der Waals surface area contributed by atoms with Crippen LogP contribution in [0.3, 0.4) is 0 Å². The van der Waals surface area contributed by atoms with Crippen molar-refractivity contribution >= 4 is 5.78 Å². The largest absolute Gasteiger partial charge is 0.483 e. The molecule has 94 valence electrons. The number of rotatable bonds is 4. The first kappa shape index (κ1) is 12.3. The summed E-state index contributed by atoms with van der Waals surface area (Å²) in [4.78, 5) is 11.5. The fourth-order valence-electron chi connectivity index (χ4n) is 1.58. The molecule has 2 aromatic rings. The summed E-state index contributed by atoms with van der Waals surface area (Å²) in [6, 6.07) is 5.45. The highest BCUT2D eigenvalue weighted by molar-refractivity contribution is 5.96. The molecule has 0 aliphatic carbocycles. The summed E-state index contributed by atoms with van der Waals surface area (Å²) in [5.74, 6) is 1.39. The van der Waals surface area contributed by atoms with Gasteiger partial charge in [0.25, 0.3) is 5.89 Å². The smallest absolute Gasteiger partial charge is 0.253 e. The van der Waals surface area contributed by atoms with Crippen molar-refractivity contribution in [3.63, 3.8) is 0 Å². The fraction of sp³-hybridized carbons (Fsp3) is 0.308. The van der Waals surface area contributed by atoms with Gasteiger partial charge in [-0.3, -0.25) is 4.79 Å². The molecule has 0 bridgehead atoms. The lowest BCUT2D eigenvalue weighted by atomic mass is 10.1. The van der Waals surface area contributed by atoms with Crippen molar-refractivity contribution in [3.8, 4) is 5.75 Å². The Morgan fingerprint density at radius 3 is 2.72 bits per heavy atom. The highest BCUT2D eigenvalue weighted by Crippen LogP contribution is 2.21. The van der Waals surface area contributed by atoms with E-state index in [1.165, 1.54) is 6.92 Å². The number of carbonyl (C=O) groups is 1. The van der Waals surface area contributed by atoms with E-state index in [0.717, 1.165) is 5.56 Å². The van der Waals surface area contributed by atoms with Crippen LogP contribution in [0.25, 0.3) is 0 Å². The molecule has 0 aliphatic rings. The van der Waals surface area contributed by atoms with E-state index in [1.807, 2.05) is 19.1 Å². The molecule has 1 aromatic carbocycles. The zero-order chi connectivity index (χ0) is 13.1. The van der Waals surface area contributed by atoms with Gasteiger partial charge in [0.05, 0.1) is 5.56 Å². The summed E-state index contributed by atoms with van der Waals surface area (Å²) in [7, 11) is 0. The molecule has 0 spiro atoms. The topological polar surface area (TPSA) is 65.2 Å². The molecule has 0 radical (unpaired) electrons. The molecule has 1 heterocycles. The molecule has 5 nitrogen and oxygen atoms in total. The van der Waals surface area contributed by atoms with Crippen LogP contribution in [-0.4, -0.2) is 16.0 Å². The average Bonchev–Trinajstić information content (AvgIpc) is 2.72. The highest BCUT2D eigenvalue weighted by atomic mass is 16.5. The molecule has 0 saturated carbocycles. The van der Waals surface area contributed by atoms with E-state index in [2.05, 4.69) is 10.2 Å². The first-order valence-corrected chi connectivity index (χ1v) is 5.59. The molecule has 1 aromatic heterocycles. The fourth-order valence-corrected chi connectivity index (χ4v) is 1.58. The van der Waals surface area contributed by atoms with Crippen LogP contribution in [0.1, 0.15) is 34.6 Å².